The zero-order valence-electron chi connectivity index (χ0n) is 13.1. The van der Waals surface area contributed by atoms with E-state index in [1.165, 1.54) is 12.1 Å². The van der Waals surface area contributed by atoms with Gasteiger partial charge >= 0.3 is 12.2 Å². The highest BCUT2D eigenvalue weighted by molar-refractivity contribution is 7.89. The molecular weight excluding hydrogens is 357 g/mol. The van der Waals surface area contributed by atoms with Crippen molar-refractivity contribution >= 4 is 27.2 Å². The van der Waals surface area contributed by atoms with Crippen molar-refractivity contribution < 1.29 is 26.4 Å². The summed E-state index contributed by atoms with van der Waals surface area (Å²) in [5, 5.41) is 4.91. The highest BCUT2D eigenvalue weighted by Gasteiger charge is 2.29. The molecule has 2 N–H and O–H groups in total. The van der Waals surface area contributed by atoms with Crippen LogP contribution in [0.25, 0.3) is 0 Å². The minimum absolute atomic E-state index is 0.106. The fraction of sp³-hybridized carbons (Fsp3) is 0.188. The van der Waals surface area contributed by atoms with Gasteiger partial charge < -0.3 is 10.6 Å². The van der Waals surface area contributed by atoms with Crippen LogP contribution in [0.2, 0.25) is 0 Å². The Morgan fingerprint density at radius 3 is 1.76 bits per heavy atom. The second kappa shape index (κ2) is 7.14. The van der Waals surface area contributed by atoms with Crippen LogP contribution in [0.3, 0.4) is 0 Å². The number of carbonyl (C=O) groups excluding carboxylic acids is 1. The van der Waals surface area contributed by atoms with Gasteiger partial charge in [-0.2, -0.15) is 13.2 Å². The van der Waals surface area contributed by atoms with Gasteiger partial charge in [-0.05, 0) is 42.0 Å². The van der Waals surface area contributed by atoms with Crippen molar-refractivity contribution in [2.75, 3.05) is 16.9 Å². The summed E-state index contributed by atoms with van der Waals surface area (Å²) in [6, 6.07) is 9.61. The number of nitrogens with one attached hydrogen (secondary N) is 2. The van der Waals surface area contributed by atoms with E-state index in [1.54, 1.807) is 12.1 Å². The normalized spacial score (nSPS) is 11.8. The average Bonchev–Trinajstić information content (AvgIpc) is 2.47. The number of hydrogen-bond donors (Lipinski definition) is 2. The molecule has 134 valence electrons. The number of carbonyl (C=O) groups is 1. The highest BCUT2D eigenvalue weighted by Crippen LogP contribution is 2.29. The SMILES string of the molecule is CS(=O)(=O)Cc1ccc(NC(=O)Nc2ccc(C(F)(F)F)cc2)cc1. The predicted octanol–water partition coefficient (Wildman–Crippen LogP) is 3.89. The van der Waals surface area contributed by atoms with Gasteiger partial charge in [-0.15, -0.1) is 0 Å². The molecule has 0 saturated heterocycles. The summed E-state index contributed by atoms with van der Waals surface area (Å²) < 4.78 is 59.8. The first-order valence-electron chi connectivity index (χ1n) is 7.05. The quantitative estimate of drug-likeness (QED) is 0.855. The third kappa shape index (κ3) is 6.11. The Balaban J connectivity index is 1.96. The molecule has 25 heavy (non-hydrogen) atoms. The zero-order chi connectivity index (χ0) is 18.7. The van der Waals surface area contributed by atoms with Crippen LogP contribution >= 0.6 is 0 Å². The number of hydrogen-bond acceptors (Lipinski definition) is 3. The van der Waals surface area contributed by atoms with Gasteiger partial charge in [0, 0.05) is 17.6 Å². The molecule has 2 aromatic carbocycles. The molecule has 0 aromatic heterocycles. The molecule has 2 aromatic rings. The minimum Gasteiger partial charge on any atom is -0.308 e. The summed E-state index contributed by atoms with van der Waals surface area (Å²) in [6.07, 6.45) is -3.31. The highest BCUT2D eigenvalue weighted by atomic mass is 32.2. The number of benzene rings is 2. The molecule has 2 rings (SSSR count). The van der Waals surface area contributed by atoms with Crippen molar-refractivity contribution in [3.63, 3.8) is 0 Å². The van der Waals surface area contributed by atoms with Crippen LogP contribution in [0.1, 0.15) is 11.1 Å². The molecule has 0 aliphatic heterocycles. The number of amides is 2. The predicted molar refractivity (Wildman–Crippen MR) is 89.1 cm³/mol. The van der Waals surface area contributed by atoms with E-state index in [4.69, 9.17) is 0 Å². The molecule has 0 fully saturated rings. The third-order valence-electron chi connectivity index (χ3n) is 3.11. The standard InChI is InChI=1S/C16H15F3N2O3S/c1-25(23,24)10-11-2-6-13(7-3-11)20-15(22)21-14-8-4-12(5-9-14)16(17,18)19/h2-9H,10H2,1H3,(H2,20,21,22). The average molecular weight is 372 g/mol. The molecular formula is C16H15F3N2O3S. The van der Waals surface area contributed by atoms with E-state index in [2.05, 4.69) is 10.6 Å². The van der Waals surface area contributed by atoms with E-state index < -0.39 is 27.6 Å². The zero-order valence-corrected chi connectivity index (χ0v) is 13.9. The smallest absolute Gasteiger partial charge is 0.308 e. The first-order valence-corrected chi connectivity index (χ1v) is 9.11. The lowest BCUT2D eigenvalue weighted by atomic mass is 10.2. The van der Waals surface area contributed by atoms with Crippen LogP contribution in [-0.4, -0.2) is 20.7 Å². The summed E-state index contributed by atoms with van der Waals surface area (Å²) in [7, 11) is -3.15. The van der Waals surface area contributed by atoms with E-state index in [1.807, 2.05) is 0 Å². The second-order valence-corrected chi connectivity index (χ2v) is 7.56. The molecule has 0 aliphatic carbocycles. The van der Waals surface area contributed by atoms with Crippen LogP contribution in [0.5, 0.6) is 0 Å². The Hall–Kier alpha value is -2.55. The topological polar surface area (TPSA) is 75.3 Å². The number of alkyl halides is 3. The summed E-state index contributed by atoms with van der Waals surface area (Å²) in [5.41, 5.74) is 0.400. The summed E-state index contributed by atoms with van der Waals surface area (Å²) >= 11 is 0. The molecule has 9 heteroatoms. The van der Waals surface area contributed by atoms with E-state index in [0.29, 0.717) is 11.3 Å². The fourth-order valence-electron chi connectivity index (χ4n) is 2.02. The van der Waals surface area contributed by atoms with Crippen LogP contribution in [0, 0.1) is 0 Å². The van der Waals surface area contributed by atoms with Gasteiger partial charge in [-0.3, -0.25) is 0 Å². The minimum atomic E-state index is -4.44. The van der Waals surface area contributed by atoms with Gasteiger partial charge in [0.15, 0.2) is 9.84 Å². The van der Waals surface area contributed by atoms with Gasteiger partial charge in [-0.1, -0.05) is 12.1 Å². The Morgan fingerprint density at radius 1 is 0.920 bits per heavy atom. The molecule has 0 heterocycles. The van der Waals surface area contributed by atoms with Gasteiger partial charge in [0.2, 0.25) is 0 Å². The van der Waals surface area contributed by atoms with E-state index in [0.717, 1.165) is 30.5 Å². The Kier molecular flexibility index (Phi) is 5.36. The lowest BCUT2D eigenvalue weighted by molar-refractivity contribution is -0.137. The number of sulfone groups is 1. The van der Waals surface area contributed by atoms with Crippen molar-refractivity contribution in [3.05, 3.63) is 59.7 Å². The van der Waals surface area contributed by atoms with E-state index >= 15 is 0 Å². The Labute approximate surface area is 142 Å². The van der Waals surface area contributed by atoms with Crippen molar-refractivity contribution in [1.82, 2.24) is 0 Å². The van der Waals surface area contributed by atoms with Crippen molar-refractivity contribution in [1.29, 1.82) is 0 Å². The van der Waals surface area contributed by atoms with Crippen LogP contribution in [0.4, 0.5) is 29.3 Å². The first kappa shape index (κ1) is 18.8. The fourth-order valence-corrected chi connectivity index (χ4v) is 2.82. The Morgan fingerprint density at radius 2 is 1.36 bits per heavy atom. The molecule has 5 nitrogen and oxygen atoms in total. The summed E-state index contributed by atoms with van der Waals surface area (Å²) in [4.78, 5) is 11.8. The maximum absolute atomic E-state index is 12.5. The largest absolute Gasteiger partial charge is 0.416 e. The first-order chi connectivity index (χ1) is 11.5. The maximum atomic E-state index is 12.5. The lowest BCUT2D eigenvalue weighted by Crippen LogP contribution is -2.19. The molecule has 0 bridgehead atoms. The third-order valence-corrected chi connectivity index (χ3v) is 3.97. The second-order valence-electron chi connectivity index (χ2n) is 5.42. The van der Waals surface area contributed by atoms with Crippen molar-refractivity contribution in [2.24, 2.45) is 0 Å². The molecule has 0 aliphatic rings. The van der Waals surface area contributed by atoms with Gasteiger partial charge in [0.1, 0.15) is 0 Å². The maximum Gasteiger partial charge on any atom is 0.416 e. The number of urea groups is 1. The molecule has 0 saturated carbocycles. The molecule has 2 amide bonds. The molecule has 0 atom stereocenters. The van der Waals surface area contributed by atoms with Gasteiger partial charge in [0.05, 0.1) is 11.3 Å². The van der Waals surface area contributed by atoms with E-state index in [-0.39, 0.29) is 11.4 Å². The molecule has 0 radical (unpaired) electrons. The number of anilines is 2. The molecule has 0 unspecified atom stereocenters. The summed E-state index contributed by atoms with van der Waals surface area (Å²) in [6.45, 7) is 0. The number of rotatable bonds is 4. The van der Waals surface area contributed by atoms with Crippen LogP contribution < -0.4 is 10.6 Å². The van der Waals surface area contributed by atoms with Crippen molar-refractivity contribution in [2.45, 2.75) is 11.9 Å². The van der Waals surface area contributed by atoms with Crippen LogP contribution in [0.15, 0.2) is 48.5 Å². The lowest BCUT2D eigenvalue weighted by Gasteiger charge is -2.10. The van der Waals surface area contributed by atoms with Gasteiger partial charge in [0.25, 0.3) is 0 Å². The number of halogens is 3. The monoisotopic (exact) mass is 372 g/mol. The Bertz CT molecular complexity index is 846. The summed E-state index contributed by atoms with van der Waals surface area (Å²) in [5.74, 6) is -0.106. The van der Waals surface area contributed by atoms with E-state index in [9.17, 15) is 26.4 Å². The molecule has 0 spiro atoms. The van der Waals surface area contributed by atoms with Crippen molar-refractivity contribution in [3.8, 4) is 0 Å². The van der Waals surface area contributed by atoms with Gasteiger partial charge in [-0.25, -0.2) is 13.2 Å². The van der Waals surface area contributed by atoms with Crippen LogP contribution in [-0.2, 0) is 21.8 Å².